The van der Waals surface area contributed by atoms with E-state index in [1.807, 2.05) is 66.3 Å². The topological polar surface area (TPSA) is 108 Å². The smallest absolute Gasteiger partial charge is 0.154 e. The SMILES string of the molecule is CC(N)c1cccc(-c2cc(-n3cccn3)c3cnn(-c4cccc(CO)n4)c3c2)n1. The third-order valence-corrected chi connectivity index (χ3v) is 5.12. The minimum Gasteiger partial charge on any atom is -0.390 e. The number of hydrogen-bond donors (Lipinski definition) is 2. The number of rotatable bonds is 5. The monoisotopic (exact) mass is 411 g/mol. The maximum atomic E-state index is 9.48. The number of nitrogens with two attached hydrogens (primary N) is 1. The number of aromatic nitrogens is 6. The van der Waals surface area contributed by atoms with E-state index in [2.05, 4.69) is 15.2 Å². The van der Waals surface area contributed by atoms with Crippen molar-refractivity contribution in [2.24, 2.45) is 5.73 Å². The molecule has 31 heavy (non-hydrogen) atoms. The van der Waals surface area contributed by atoms with Gasteiger partial charge in [0.2, 0.25) is 0 Å². The van der Waals surface area contributed by atoms with Crippen LogP contribution in [0.15, 0.2) is 73.2 Å². The number of aliphatic hydroxyl groups excluding tert-OH is 1. The highest BCUT2D eigenvalue weighted by molar-refractivity contribution is 5.92. The van der Waals surface area contributed by atoms with Crippen molar-refractivity contribution in [1.82, 2.24) is 29.5 Å². The van der Waals surface area contributed by atoms with E-state index in [1.165, 1.54) is 0 Å². The summed E-state index contributed by atoms with van der Waals surface area (Å²) in [6.45, 7) is 1.78. The molecule has 1 atom stereocenters. The third kappa shape index (κ3) is 3.48. The molecular weight excluding hydrogens is 390 g/mol. The summed E-state index contributed by atoms with van der Waals surface area (Å²) in [6, 6.07) is 17.1. The van der Waals surface area contributed by atoms with Crippen LogP contribution in [0.4, 0.5) is 0 Å². The lowest BCUT2D eigenvalue weighted by atomic mass is 10.1. The Morgan fingerprint density at radius 2 is 1.90 bits per heavy atom. The molecule has 154 valence electrons. The maximum absolute atomic E-state index is 9.48. The standard InChI is InChI=1S/C23H21N7O/c1-15(24)19-6-3-7-20(28-19)16-11-21(29-10-4-9-25-29)18-13-26-30(22(18)12-16)23-8-2-5-17(14-31)27-23/h2-13,15,31H,14,24H2,1H3. The molecular formula is C23H21N7O. The summed E-state index contributed by atoms with van der Waals surface area (Å²) in [6.07, 6.45) is 5.44. The first-order valence-electron chi connectivity index (χ1n) is 9.96. The van der Waals surface area contributed by atoms with Gasteiger partial charge in [-0.05, 0) is 49.4 Å². The van der Waals surface area contributed by atoms with Crippen LogP contribution in [0.5, 0.6) is 0 Å². The van der Waals surface area contributed by atoms with Gasteiger partial charge < -0.3 is 10.8 Å². The third-order valence-electron chi connectivity index (χ3n) is 5.12. The van der Waals surface area contributed by atoms with Gasteiger partial charge in [-0.15, -0.1) is 0 Å². The van der Waals surface area contributed by atoms with Gasteiger partial charge >= 0.3 is 0 Å². The van der Waals surface area contributed by atoms with Crippen LogP contribution in [0.25, 0.3) is 33.7 Å². The highest BCUT2D eigenvalue weighted by Crippen LogP contribution is 2.30. The first-order chi connectivity index (χ1) is 15.1. The lowest BCUT2D eigenvalue weighted by Crippen LogP contribution is -2.07. The Morgan fingerprint density at radius 3 is 2.68 bits per heavy atom. The second-order valence-corrected chi connectivity index (χ2v) is 7.32. The van der Waals surface area contributed by atoms with Gasteiger partial charge in [0.15, 0.2) is 5.82 Å². The Labute approximate surface area is 178 Å². The molecule has 4 heterocycles. The molecule has 0 aliphatic rings. The van der Waals surface area contributed by atoms with Crippen molar-refractivity contribution in [2.75, 3.05) is 0 Å². The van der Waals surface area contributed by atoms with Crippen molar-refractivity contribution in [3.05, 3.63) is 84.6 Å². The second-order valence-electron chi connectivity index (χ2n) is 7.32. The van der Waals surface area contributed by atoms with Gasteiger partial charge in [-0.3, -0.25) is 4.98 Å². The van der Waals surface area contributed by atoms with Crippen molar-refractivity contribution >= 4 is 10.9 Å². The van der Waals surface area contributed by atoms with Gasteiger partial charge in [0.1, 0.15) is 0 Å². The van der Waals surface area contributed by atoms with Crippen molar-refractivity contribution < 1.29 is 5.11 Å². The molecule has 0 radical (unpaired) electrons. The Kier molecular flexibility index (Phi) is 4.78. The molecule has 0 saturated heterocycles. The van der Waals surface area contributed by atoms with Crippen LogP contribution in [0.3, 0.4) is 0 Å². The molecule has 0 amide bonds. The number of benzene rings is 1. The Morgan fingerprint density at radius 1 is 1.03 bits per heavy atom. The van der Waals surface area contributed by atoms with Crippen LogP contribution in [0.2, 0.25) is 0 Å². The summed E-state index contributed by atoms with van der Waals surface area (Å²) in [5.41, 5.74) is 10.9. The molecule has 0 spiro atoms. The fourth-order valence-corrected chi connectivity index (χ4v) is 3.58. The Hall–Kier alpha value is -3.88. The highest BCUT2D eigenvalue weighted by atomic mass is 16.3. The fourth-order valence-electron chi connectivity index (χ4n) is 3.58. The van der Waals surface area contributed by atoms with Crippen molar-refractivity contribution in [2.45, 2.75) is 19.6 Å². The molecule has 5 rings (SSSR count). The molecule has 0 aliphatic heterocycles. The number of pyridine rings is 2. The summed E-state index contributed by atoms with van der Waals surface area (Å²) in [5.74, 6) is 0.627. The van der Waals surface area contributed by atoms with Crippen LogP contribution in [-0.4, -0.2) is 34.6 Å². The first kappa shape index (κ1) is 19.1. The lowest BCUT2D eigenvalue weighted by Gasteiger charge is -2.11. The quantitative estimate of drug-likeness (QED) is 0.460. The molecule has 0 saturated carbocycles. The molecule has 1 aromatic carbocycles. The summed E-state index contributed by atoms with van der Waals surface area (Å²) < 4.78 is 3.57. The van der Waals surface area contributed by atoms with Gasteiger partial charge in [0, 0.05) is 29.4 Å². The van der Waals surface area contributed by atoms with Gasteiger partial charge in [0.05, 0.1) is 41.1 Å². The average molecular weight is 411 g/mol. The molecule has 0 fully saturated rings. The molecule has 3 N–H and O–H groups in total. The number of nitrogens with zero attached hydrogens (tertiary/aromatic N) is 6. The number of aliphatic hydroxyl groups is 1. The zero-order valence-corrected chi connectivity index (χ0v) is 16.9. The summed E-state index contributed by atoms with van der Waals surface area (Å²) in [5, 5.41) is 19.4. The normalized spacial score (nSPS) is 12.4. The maximum Gasteiger partial charge on any atom is 0.154 e. The zero-order chi connectivity index (χ0) is 21.4. The van der Waals surface area contributed by atoms with E-state index >= 15 is 0 Å². The minimum absolute atomic E-state index is 0.134. The summed E-state index contributed by atoms with van der Waals surface area (Å²) >= 11 is 0. The van der Waals surface area contributed by atoms with Crippen LogP contribution >= 0.6 is 0 Å². The van der Waals surface area contributed by atoms with Crippen molar-refractivity contribution in [1.29, 1.82) is 0 Å². The Balaban J connectivity index is 1.76. The molecule has 4 aromatic heterocycles. The van der Waals surface area contributed by atoms with Crippen LogP contribution < -0.4 is 5.73 Å². The molecule has 8 heteroatoms. The molecule has 0 bridgehead atoms. The van der Waals surface area contributed by atoms with Gasteiger partial charge in [-0.2, -0.15) is 10.2 Å². The van der Waals surface area contributed by atoms with Crippen molar-refractivity contribution in [3.8, 4) is 22.8 Å². The van der Waals surface area contributed by atoms with Crippen LogP contribution in [0.1, 0.15) is 24.4 Å². The second kappa shape index (κ2) is 7.75. The van der Waals surface area contributed by atoms with Gasteiger partial charge in [-0.25, -0.2) is 14.3 Å². The van der Waals surface area contributed by atoms with E-state index in [4.69, 9.17) is 10.7 Å². The fraction of sp³-hybridized carbons (Fsp3) is 0.130. The molecule has 0 aliphatic carbocycles. The van der Waals surface area contributed by atoms with Gasteiger partial charge in [-0.1, -0.05) is 12.1 Å². The van der Waals surface area contributed by atoms with Crippen molar-refractivity contribution in [3.63, 3.8) is 0 Å². The molecule has 5 aromatic rings. The minimum atomic E-state index is -0.162. The molecule has 1 unspecified atom stereocenters. The summed E-state index contributed by atoms with van der Waals surface area (Å²) in [7, 11) is 0. The number of fused-ring (bicyclic) bond motifs is 1. The van der Waals surface area contributed by atoms with Crippen LogP contribution in [-0.2, 0) is 6.61 Å². The predicted molar refractivity (Wildman–Crippen MR) is 118 cm³/mol. The largest absolute Gasteiger partial charge is 0.390 e. The highest BCUT2D eigenvalue weighted by Gasteiger charge is 2.15. The Bertz CT molecular complexity index is 1360. The number of hydrogen-bond acceptors (Lipinski definition) is 6. The predicted octanol–water partition coefficient (Wildman–Crippen LogP) is 3.18. The average Bonchev–Trinajstić information content (AvgIpc) is 3.49. The van der Waals surface area contributed by atoms with E-state index in [0.717, 1.165) is 33.5 Å². The van der Waals surface area contributed by atoms with E-state index in [0.29, 0.717) is 11.5 Å². The van der Waals surface area contributed by atoms with Crippen LogP contribution in [0, 0.1) is 0 Å². The van der Waals surface area contributed by atoms with E-state index in [-0.39, 0.29) is 12.6 Å². The molecule has 8 nitrogen and oxygen atoms in total. The first-order valence-corrected chi connectivity index (χ1v) is 9.96. The zero-order valence-electron chi connectivity index (χ0n) is 16.9. The lowest BCUT2D eigenvalue weighted by molar-refractivity contribution is 0.276. The van der Waals surface area contributed by atoms with E-state index in [9.17, 15) is 5.11 Å². The van der Waals surface area contributed by atoms with Gasteiger partial charge in [0.25, 0.3) is 0 Å². The van der Waals surface area contributed by atoms with E-state index in [1.54, 1.807) is 23.1 Å². The van der Waals surface area contributed by atoms with E-state index < -0.39 is 0 Å². The summed E-state index contributed by atoms with van der Waals surface area (Å²) in [4.78, 5) is 9.26.